The highest BCUT2D eigenvalue weighted by Gasteiger charge is 2.35. The molecule has 1 N–H and O–H groups in total. The second kappa shape index (κ2) is 10.7. The Morgan fingerprint density at radius 2 is 1.36 bits per heavy atom. The standard InChI is InChI=1S/C23H13F9N2O5/c24-21(25,26)11-38-18-7-5-12(22(27,28)29)9-15(18)33-20(35)14-3-1-2-4-17(14)39-19-8-6-13(23(30,31)32)10-16(19)34(36)37/h1-10H,11H2,(H,33,35). The highest BCUT2D eigenvalue weighted by molar-refractivity contribution is 6.07. The number of anilines is 1. The van der Waals surface area contributed by atoms with Gasteiger partial charge in [0.05, 0.1) is 27.3 Å². The second-order valence-corrected chi connectivity index (χ2v) is 7.60. The predicted molar refractivity (Wildman–Crippen MR) is 116 cm³/mol. The van der Waals surface area contributed by atoms with Crippen molar-refractivity contribution in [1.82, 2.24) is 0 Å². The number of nitro benzene ring substituents is 1. The first-order valence-electron chi connectivity index (χ1n) is 10.3. The molecule has 0 aliphatic rings. The van der Waals surface area contributed by atoms with E-state index in [2.05, 4.69) is 4.74 Å². The molecule has 3 aromatic rings. The van der Waals surface area contributed by atoms with E-state index in [9.17, 15) is 54.4 Å². The molecule has 7 nitrogen and oxygen atoms in total. The molecule has 0 heterocycles. The second-order valence-electron chi connectivity index (χ2n) is 7.60. The maximum Gasteiger partial charge on any atom is 0.422 e. The van der Waals surface area contributed by atoms with E-state index in [0.717, 1.165) is 12.1 Å². The van der Waals surface area contributed by atoms with Crippen LogP contribution in [0.15, 0.2) is 60.7 Å². The molecule has 0 aliphatic carbocycles. The molecular formula is C23H13F9N2O5. The number of alkyl halides is 9. The monoisotopic (exact) mass is 568 g/mol. The molecule has 1 amide bonds. The summed E-state index contributed by atoms with van der Waals surface area (Å²) in [5.74, 6) is -3.18. The van der Waals surface area contributed by atoms with Crippen molar-refractivity contribution >= 4 is 17.3 Å². The normalized spacial score (nSPS) is 12.1. The van der Waals surface area contributed by atoms with Crippen LogP contribution in [0.4, 0.5) is 50.9 Å². The van der Waals surface area contributed by atoms with Gasteiger partial charge in [0.25, 0.3) is 5.91 Å². The molecule has 0 radical (unpaired) electrons. The lowest BCUT2D eigenvalue weighted by Crippen LogP contribution is -2.21. The molecule has 16 heteroatoms. The van der Waals surface area contributed by atoms with Gasteiger partial charge < -0.3 is 14.8 Å². The summed E-state index contributed by atoms with van der Waals surface area (Å²) in [5, 5.41) is 13.3. The Balaban J connectivity index is 1.97. The minimum atomic E-state index is -4.94. The smallest absolute Gasteiger partial charge is 0.422 e. The molecule has 208 valence electrons. The molecule has 0 spiro atoms. The van der Waals surface area contributed by atoms with Crippen molar-refractivity contribution in [2.45, 2.75) is 18.5 Å². The van der Waals surface area contributed by atoms with Crippen molar-refractivity contribution < 1.29 is 58.7 Å². The zero-order valence-electron chi connectivity index (χ0n) is 18.9. The van der Waals surface area contributed by atoms with Gasteiger partial charge in [0.1, 0.15) is 11.5 Å². The summed E-state index contributed by atoms with van der Waals surface area (Å²) in [6, 6.07) is 7.27. The van der Waals surface area contributed by atoms with E-state index in [1.165, 1.54) is 12.1 Å². The van der Waals surface area contributed by atoms with Crippen LogP contribution >= 0.6 is 0 Å². The van der Waals surface area contributed by atoms with E-state index in [1.807, 2.05) is 5.32 Å². The quantitative estimate of drug-likeness (QED) is 0.180. The Morgan fingerprint density at radius 1 is 0.795 bits per heavy atom. The fraction of sp³-hybridized carbons (Fsp3) is 0.174. The molecule has 0 bridgehead atoms. The lowest BCUT2D eigenvalue weighted by atomic mass is 10.1. The van der Waals surface area contributed by atoms with Crippen LogP contribution in [-0.4, -0.2) is 23.6 Å². The van der Waals surface area contributed by atoms with Gasteiger partial charge in [-0.05, 0) is 42.5 Å². The molecule has 0 aromatic heterocycles. The van der Waals surface area contributed by atoms with Crippen molar-refractivity contribution in [1.29, 1.82) is 0 Å². The van der Waals surface area contributed by atoms with Gasteiger partial charge in [-0.25, -0.2) is 0 Å². The van der Waals surface area contributed by atoms with Crippen LogP contribution in [0.5, 0.6) is 17.2 Å². The Labute approximate surface area is 211 Å². The van der Waals surface area contributed by atoms with Gasteiger partial charge in [0.15, 0.2) is 6.61 Å². The maximum absolute atomic E-state index is 13.2. The van der Waals surface area contributed by atoms with E-state index >= 15 is 0 Å². The van der Waals surface area contributed by atoms with Crippen LogP contribution in [0.1, 0.15) is 21.5 Å². The van der Waals surface area contributed by atoms with E-state index in [1.54, 1.807) is 0 Å². The third-order valence-corrected chi connectivity index (χ3v) is 4.78. The number of carbonyl (C=O) groups excluding carboxylic acids is 1. The van der Waals surface area contributed by atoms with Crippen molar-refractivity contribution in [2.24, 2.45) is 0 Å². The average Bonchev–Trinajstić information content (AvgIpc) is 2.81. The van der Waals surface area contributed by atoms with Gasteiger partial charge in [0.2, 0.25) is 5.75 Å². The summed E-state index contributed by atoms with van der Waals surface area (Å²) in [6.45, 7) is -1.89. The van der Waals surface area contributed by atoms with Gasteiger partial charge in [-0.1, -0.05) is 12.1 Å². The van der Waals surface area contributed by atoms with E-state index in [4.69, 9.17) is 4.74 Å². The Morgan fingerprint density at radius 3 is 1.92 bits per heavy atom. The fourth-order valence-corrected chi connectivity index (χ4v) is 3.06. The van der Waals surface area contributed by atoms with Gasteiger partial charge in [-0.2, -0.15) is 39.5 Å². The van der Waals surface area contributed by atoms with Crippen LogP contribution in [0.25, 0.3) is 0 Å². The largest absolute Gasteiger partial charge is 0.482 e. The lowest BCUT2D eigenvalue weighted by Gasteiger charge is -2.17. The van der Waals surface area contributed by atoms with Crippen molar-refractivity contribution in [3.63, 3.8) is 0 Å². The third kappa shape index (κ3) is 7.52. The number of carbonyl (C=O) groups is 1. The molecule has 0 saturated heterocycles. The van der Waals surface area contributed by atoms with Crippen molar-refractivity contribution in [3.8, 4) is 17.2 Å². The van der Waals surface area contributed by atoms with E-state index in [0.29, 0.717) is 30.3 Å². The first-order chi connectivity index (χ1) is 18.0. The Hall–Kier alpha value is -4.50. The van der Waals surface area contributed by atoms with Gasteiger partial charge >= 0.3 is 24.2 Å². The van der Waals surface area contributed by atoms with Crippen molar-refractivity contribution in [3.05, 3.63) is 87.5 Å². The number of hydrogen-bond acceptors (Lipinski definition) is 5. The van der Waals surface area contributed by atoms with Gasteiger partial charge in [0, 0.05) is 6.07 Å². The highest BCUT2D eigenvalue weighted by Crippen LogP contribution is 2.39. The minimum Gasteiger partial charge on any atom is -0.482 e. The molecule has 0 atom stereocenters. The molecule has 0 saturated carbocycles. The number of benzene rings is 3. The van der Waals surface area contributed by atoms with Crippen molar-refractivity contribution in [2.75, 3.05) is 11.9 Å². The third-order valence-electron chi connectivity index (χ3n) is 4.78. The molecule has 0 fully saturated rings. The predicted octanol–water partition coefficient (Wildman–Crippen LogP) is 7.62. The zero-order chi connectivity index (χ0) is 29.2. The zero-order valence-corrected chi connectivity index (χ0v) is 18.9. The molecular weight excluding hydrogens is 555 g/mol. The number of nitrogens with one attached hydrogen (secondary N) is 1. The number of ether oxygens (including phenoxy) is 2. The van der Waals surface area contributed by atoms with Gasteiger partial charge in [-0.15, -0.1) is 0 Å². The first-order valence-corrected chi connectivity index (χ1v) is 10.3. The topological polar surface area (TPSA) is 90.7 Å². The Kier molecular flexibility index (Phi) is 7.98. The SMILES string of the molecule is O=C(Nc1cc(C(F)(F)F)ccc1OCC(F)(F)F)c1ccccc1Oc1ccc(C(F)(F)F)cc1[N+](=O)[O-]. The number of amides is 1. The number of nitrogens with zero attached hydrogens (tertiary/aromatic N) is 1. The molecule has 39 heavy (non-hydrogen) atoms. The summed E-state index contributed by atoms with van der Waals surface area (Å²) in [6.07, 6.45) is -14.7. The summed E-state index contributed by atoms with van der Waals surface area (Å²) < 4.78 is 126. The summed E-state index contributed by atoms with van der Waals surface area (Å²) >= 11 is 0. The van der Waals surface area contributed by atoms with Crippen LogP contribution in [0, 0.1) is 10.1 Å². The number of hydrogen-bond donors (Lipinski definition) is 1. The minimum absolute atomic E-state index is 0.199. The lowest BCUT2D eigenvalue weighted by molar-refractivity contribution is -0.385. The maximum atomic E-state index is 13.2. The van der Waals surface area contributed by atoms with Crippen LogP contribution in [-0.2, 0) is 12.4 Å². The molecule has 0 aliphatic heterocycles. The van der Waals surface area contributed by atoms with E-state index < -0.39 is 81.3 Å². The molecule has 3 rings (SSSR count). The first kappa shape index (κ1) is 29.1. The van der Waals surface area contributed by atoms with Crippen LogP contribution in [0.3, 0.4) is 0 Å². The fourth-order valence-electron chi connectivity index (χ4n) is 3.06. The van der Waals surface area contributed by atoms with Crippen LogP contribution in [0.2, 0.25) is 0 Å². The molecule has 3 aromatic carbocycles. The Bertz CT molecular complexity index is 1390. The summed E-state index contributed by atoms with van der Waals surface area (Å²) in [5.41, 5.74) is -5.08. The number of nitro groups is 1. The number of halogens is 9. The summed E-state index contributed by atoms with van der Waals surface area (Å²) in [4.78, 5) is 23.1. The highest BCUT2D eigenvalue weighted by atomic mass is 19.4. The van der Waals surface area contributed by atoms with Crippen LogP contribution < -0.4 is 14.8 Å². The number of para-hydroxylation sites is 1. The average molecular weight is 568 g/mol. The van der Waals surface area contributed by atoms with Gasteiger partial charge in [-0.3, -0.25) is 14.9 Å². The summed E-state index contributed by atoms with van der Waals surface area (Å²) in [7, 11) is 0. The molecule has 0 unspecified atom stereocenters. The number of rotatable bonds is 7. The van der Waals surface area contributed by atoms with E-state index in [-0.39, 0.29) is 6.07 Å².